The first-order valence-corrected chi connectivity index (χ1v) is 6.89. The Morgan fingerprint density at radius 2 is 2.32 bits per heavy atom. The molecule has 0 bridgehead atoms. The van der Waals surface area contributed by atoms with E-state index in [2.05, 4.69) is 20.7 Å². The van der Waals surface area contributed by atoms with Crippen molar-refractivity contribution in [2.24, 2.45) is 0 Å². The first-order valence-electron chi connectivity index (χ1n) is 6.12. The van der Waals surface area contributed by atoms with Crippen molar-refractivity contribution in [1.82, 2.24) is 9.36 Å². The Balaban J connectivity index is 1.85. The van der Waals surface area contributed by atoms with Gasteiger partial charge < -0.3 is 10.2 Å². The molecule has 3 rings (SSSR count). The van der Waals surface area contributed by atoms with Gasteiger partial charge in [0.05, 0.1) is 0 Å². The average Bonchev–Trinajstić information content (AvgIpc) is 2.95. The van der Waals surface area contributed by atoms with Crippen LogP contribution in [0.5, 0.6) is 0 Å². The topological polar surface area (TPSA) is 58.1 Å². The number of benzene rings is 1. The van der Waals surface area contributed by atoms with Gasteiger partial charge in [-0.3, -0.25) is 4.79 Å². The van der Waals surface area contributed by atoms with Crippen LogP contribution in [-0.4, -0.2) is 21.8 Å². The molecule has 0 radical (unpaired) electrons. The predicted octanol–water partition coefficient (Wildman–Crippen LogP) is 2.50. The maximum absolute atomic E-state index is 11.5. The van der Waals surface area contributed by atoms with Crippen molar-refractivity contribution in [2.45, 2.75) is 20.3 Å². The van der Waals surface area contributed by atoms with Crippen molar-refractivity contribution in [1.29, 1.82) is 0 Å². The van der Waals surface area contributed by atoms with Crippen LogP contribution in [0.2, 0.25) is 0 Å². The number of anilines is 3. The molecule has 1 amide bonds. The first kappa shape index (κ1) is 12.1. The third kappa shape index (κ3) is 2.31. The van der Waals surface area contributed by atoms with Gasteiger partial charge in [0.1, 0.15) is 5.82 Å². The summed E-state index contributed by atoms with van der Waals surface area (Å²) in [6, 6.07) is 6.03. The van der Waals surface area contributed by atoms with Crippen LogP contribution in [0.25, 0.3) is 0 Å². The summed E-state index contributed by atoms with van der Waals surface area (Å²) in [5, 5.41) is 4.03. The van der Waals surface area contributed by atoms with E-state index in [4.69, 9.17) is 0 Å². The van der Waals surface area contributed by atoms with Gasteiger partial charge in [-0.15, -0.1) is 0 Å². The summed E-state index contributed by atoms with van der Waals surface area (Å²) in [4.78, 5) is 17.6. The van der Waals surface area contributed by atoms with Crippen molar-refractivity contribution in [2.75, 3.05) is 16.8 Å². The summed E-state index contributed by atoms with van der Waals surface area (Å²) in [6.07, 6.45) is 0.902. The Labute approximate surface area is 115 Å². The molecule has 0 aliphatic carbocycles. The molecule has 0 saturated heterocycles. The number of aryl methyl sites for hydroxylation is 1. The Hall–Kier alpha value is -1.95. The van der Waals surface area contributed by atoms with Crippen LogP contribution >= 0.6 is 11.5 Å². The number of hydrogen-bond donors (Lipinski definition) is 1. The zero-order valence-corrected chi connectivity index (χ0v) is 11.6. The molecule has 0 spiro atoms. The monoisotopic (exact) mass is 274 g/mol. The van der Waals surface area contributed by atoms with Gasteiger partial charge in [0, 0.05) is 36.4 Å². The molecule has 2 aromatic rings. The second kappa shape index (κ2) is 4.62. The lowest BCUT2D eigenvalue weighted by Crippen LogP contribution is -2.25. The molecule has 1 aliphatic rings. The number of nitrogens with one attached hydrogen (secondary N) is 1. The third-order valence-electron chi connectivity index (χ3n) is 3.13. The molecule has 6 heteroatoms. The molecular weight excluding hydrogens is 260 g/mol. The number of amides is 1. The van der Waals surface area contributed by atoms with Crippen molar-refractivity contribution in [3.05, 3.63) is 29.6 Å². The van der Waals surface area contributed by atoms with Crippen molar-refractivity contribution < 1.29 is 4.79 Å². The Bertz CT molecular complexity index is 637. The lowest BCUT2D eigenvalue weighted by molar-refractivity contribution is -0.116. The van der Waals surface area contributed by atoms with E-state index < -0.39 is 0 Å². The Morgan fingerprint density at radius 3 is 3.00 bits per heavy atom. The minimum Gasteiger partial charge on any atom is -0.330 e. The molecular formula is C13H14N4OS. The van der Waals surface area contributed by atoms with Gasteiger partial charge in [0.25, 0.3) is 0 Å². The van der Waals surface area contributed by atoms with Crippen LogP contribution < -0.4 is 10.2 Å². The fraction of sp³-hybridized carbons (Fsp3) is 0.308. The van der Waals surface area contributed by atoms with E-state index in [1.165, 1.54) is 17.1 Å². The number of nitrogens with zero attached hydrogens (tertiary/aromatic N) is 3. The van der Waals surface area contributed by atoms with Crippen LogP contribution in [0, 0.1) is 6.92 Å². The van der Waals surface area contributed by atoms with Crippen LogP contribution in [0.15, 0.2) is 18.2 Å². The van der Waals surface area contributed by atoms with E-state index in [-0.39, 0.29) is 5.91 Å². The van der Waals surface area contributed by atoms with Crippen molar-refractivity contribution in [3.63, 3.8) is 0 Å². The predicted molar refractivity (Wildman–Crippen MR) is 76.1 cm³/mol. The van der Waals surface area contributed by atoms with Gasteiger partial charge in [-0.05, 0) is 37.1 Å². The molecule has 1 N–H and O–H groups in total. The highest BCUT2D eigenvalue weighted by Crippen LogP contribution is 2.31. The molecule has 2 heterocycles. The smallest absolute Gasteiger partial charge is 0.223 e. The SMILES string of the molecule is CC(=O)N1CCc2cc(Nc3nc(C)ns3)ccc21. The minimum atomic E-state index is 0.0965. The number of aromatic nitrogens is 2. The number of rotatable bonds is 2. The largest absolute Gasteiger partial charge is 0.330 e. The zero-order valence-electron chi connectivity index (χ0n) is 10.8. The van der Waals surface area contributed by atoms with E-state index in [0.717, 1.165) is 35.3 Å². The van der Waals surface area contributed by atoms with Gasteiger partial charge in [0.2, 0.25) is 11.0 Å². The second-order valence-corrected chi connectivity index (χ2v) is 5.29. The maximum Gasteiger partial charge on any atom is 0.223 e. The van der Waals surface area contributed by atoms with E-state index in [0.29, 0.717) is 0 Å². The van der Waals surface area contributed by atoms with E-state index in [1.54, 1.807) is 6.92 Å². The van der Waals surface area contributed by atoms with Crippen LogP contribution in [-0.2, 0) is 11.2 Å². The van der Waals surface area contributed by atoms with Gasteiger partial charge in [-0.2, -0.15) is 4.37 Å². The quantitative estimate of drug-likeness (QED) is 0.914. The lowest BCUT2D eigenvalue weighted by Gasteiger charge is -2.14. The average molecular weight is 274 g/mol. The zero-order chi connectivity index (χ0) is 13.4. The summed E-state index contributed by atoms with van der Waals surface area (Å²) in [6.45, 7) is 4.24. The summed E-state index contributed by atoms with van der Waals surface area (Å²) in [5.41, 5.74) is 3.20. The second-order valence-electron chi connectivity index (χ2n) is 4.54. The fourth-order valence-corrected chi connectivity index (χ4v) is 2.87. The number of carbonyl (C=O) groups excluding carboxylic acids is 1. The van der Waals surface area contributed by atoms with Gasteiger partial charge in [0.15, 0.2) is 0 Å². The molecule has 98 valence electrons. The minimum absolute atomic E-state index is 0.0965. The highest BCUT2D eigenvalue weighted by atomic mass is 32.1. The molecule has 0 fully saturated rings. The molecule has 5 nitrogen and oxygen atoms in total. The molecule has 1 aromatic heterocycles. The molecule has 19 heavy (non-hydrogen) atoms. The third-order valence-corrected chi connectivity index (χ3v) is 3.86. The summed E-state index contributed by atoms with van der Waals surface area (Å²) >= 11 is 1.35. The van der Waals surface area contributed by atoms with E-state index in [9.17, 15) is 4.79 Å². The van der Waals surface area contributed by atoms with Gasteiger partial charge in [-0.1, -0.05) is 0 Å². The lowest BCUT2D eigenvalue weighted by atomic mass is 10.1. The Kier molecular flexibility index (Phi) is 2.94. The van der Waals surface area contributed by atoms with Crippen LogP contribution in [0.4, 0.5) is 16.5 Å². The van der Waals surface area contributed by atoms with Gasteiger partial charge in [-0.25, -0.2) is 4.98 Å². The molecule has 0 atom stereocenters. The van der Waals surface area contributed by atoms with E-state index >= 15 is 0 Å². The Morgan fingerprint density at radius 1 is 1.47 bits per heavy atom. The van der Waals surface area contributed by atoms with E-state index in [1.807, 2.05) is 24.0 Å². The summed E-state index contributed by atoms with van der Waals surface area (Å²) in [7, 11) is 0. The maximum atomic E-state index is 11.5. The highest BCUT2D eigenvalue weighted by Gasteiger charge is 2.22. The molecule has 1 aliphatic heterocycles. The number of fused-ring (bicyclic) bond motifs is 1. The molecule has 0 unspecified atom stereocenters. The van der Waals surface area contributed by atoms with Crippen LogP contribution in [0.1, 0.15) is 18.3 Å². The fourth-order valence-electron chi connectivity index (χ4n) is 2.28. The molecule has 1 aromatic carbocycles. The summed E-state index contributed by atoms with van der Waals surface area (Å²) in [5.74, 6) is 0.871. The van der Waals surface area contributed by atoms with Crippen molar-refractivity contribution >= 4 is 33.9 Å². The van der Waals surface area contributed by atoms with Crippen LogP contribution in [0.3, 0.4) is 0 Å². The normalized spacial score (nSPS) is 13.5. The van der Waals surface area contributed by atoms with Gasteiger partial charge >= 0.3 is 0 Å². The number of hydrogen-bond acceptors (Lipinski definition) is 5. The number of carbonyl (C=O) groups is 1. The summed E-state index contributed by atoms with van der Waals surface area (Å²) < 4.78 is 4.14. The molecule has 0 saturated carbocycles. The van der Waals surface area contributed by atoms with Crippen molar-refractivity contribution in [3.8, 4) is 0 Å². The standard InChI is InChI=1S/C13H14N4OS/c1-8-14-13(19-16-8)15-11-3-4-12-10(7-11)5-6-17(12)9(2)18/h3-4,7H,5-6H2,1-2H3,(H,14,15,16). The highest BCUT2D eigenvalue weighted by molar-refractivity contribution is 7.09. The first-order chi connectivity index (χ1) is 9.13.